The SMILES string of the molecule is CNCc1c(S(=O)(=O)NCc2ccnc(C)n2)n[nH]c1C. The Balaban J connectivity index is 2.19. The van der Waals surface area contributed by atoms with Crippen molar-refractivity contribution in [1.82, 2.24) is 30.2 Å². The average Bonchev–Trinajstić information content (AvgIpc) is 2.80. The molecule has 2 heterocycles. The minimum atomic E-state index is -3.70. The fourth-order valence-electron chi connectivity index (χ4n) is 1.88. The first-order valence-electron chi connectivity index (χ1n) is 6.40. The van der Waals surface area contributed by atoms with Crippen molar-refractivity contribution in [2.75, 3.05) is 7.05 Å². The molecule has 0 radical (unpaired) electrons. The zero-order valence-corrected chi connectivity index (χ0v) is 13.0. The Labute approximate surface area is 123 Å². The Morgan fingerprint density at radius 2 is 2.05 bits per heavy atom. The van der Waals surface area contributed by atoms with Crippen LogP contribution in [0.3, 0.4) is 0 Å². The summed E-state index contributed by atoms with van der Waals surface area (Å²) in [5, 5.41) is 9.53. The fourth-order valence-corrected chi connectivity index (χ4v) is 3.07. The summed E-state index contributed by atoms with van der Waals surface area (Å²) in [5.41, 5.74) is 1.96. The molecular weight excluding hydrogens is 292 g/mol. The molecule has 0 unspecified atom stereocenters. The smallest absolute Gasteiger partial charge is 0.260 e. The quantitative estimate of drug-likeness (QED) is 0.693. The summed E-state index contributed by atoms with van der Waals surface area (Å²) in [4.78, 5) is 8.13. The molecule has 2 rings (SSSR count). The van der Waals surface area contributed by atoms with Crippen molar-refractivity contribution in [3.05, 3.63) is 35.0 Å². The molecule has 114 valence electrons. The van der Waals surface area contributed by atoms with E-state index in [9.17, 15) is 8.42 Å². The Morgan fingerprint density at radius 3 is 2.71 bits per heavy atom. The molecule has 0 saturated carbocycles. The van der Waals surface area contributed by atoms with Crippen LogP contribution in [0.5, 0.6) is 0 Å². The molecule has 0 fully saturated rings. The van der Waals surface area contributed by atoms with Gasteiger partial charge in [-0.05, 0) is 27.0 Å². The van der Waals surface area contributed by atoms with Gasteiger partial charge in [-0.25, -0.2) is 23.1 Å². The van der Waals surface area contributed by atoms with E-state index >= 15 is 0 Å². The van der Waals surface area contributed by atoms with E-state index in [1.54, 1.807) is 33.2 Å². The predicted octanol–water partition coefficient (Wildman–Crippen LogP) is 0.0144. The summed E-state index contributed by atoms with van der Waals surface area (Å²) in [6, 6.07) is 1.67. The Bertz CT molecular complexity index is 725. The van der Waals surface area contributed by atoms with E-state index in [4.69, 9.17) is 0 Å². The van der Waals surface area contributed by atoms with E-state index in [-0.39, 0.29) is 11.6 Å². The second-order valence-corrected chi connectivity index (χ2v) is 6.26. The molecule has 2 aromatic heterocycles. The second kappa shape index (κ2) is 6.29. The van der Waals surface area contributed by atoms with Crippen LogP contribution < -0.4 is 10.0 Å². The summed E-state index contributed by atoms with van der Waals surface area (Å²) in [7, 11) is -1.95. The topological polar surface area (TPSA) is 113 Å². The molecule has 0 aliphatic carbocycles. The van der Waals surface area contributed by atoms with Crippen LogP contribution in [0.1, 0.15) is 22.8 Å². The molecule has 0 atom stereocenters. The molecule has 0 aliphatic heterocycles. The zero-order chi connectivity index (χ0) is 15.5. The van der Waals surface area contributed by atoms with E-state index in [1.807, 2.05) is 0 Å². The number of hydrogen-bond acceptors (Lipinski definition) is 6. The van der Waals surface area contributed by atoms with Crippen molar-refractivity contribution < 1.29 is 8.42 Å². The van der Waals surface area contributed by atoms with Crippen molar-refractivity contribution in [3.63, 3.8) is 0 Å². The van der Waals surface area contributed by atoms with Crippen LogP contribution >= 0.6 is 0 Å². The first-order valence-corrected chi connectivity index (χ1v) is 7.89. The normalized spacial score (nSPS) is 11.8. The monoisotopic (exact) mass is 310 g/mol. The van der Waals surface area contributed by atoms with Crippen LogP contribution in [0.25, 0.3) is 0 Å². The highest BCUT2D eigenvalue weighted by Gasteiger charge is 2.23. The van der Waals surface area contributed by atoms with Crippen molar-refractivity contribution in [3.8, 4) is 0 Å². The van der Waals surface area contributed by atoms with Crippen LogP contribution in [0, 0.1) is 13.8 Å². The minimum Gasteiger partial charge on any atom is -0.316 e. The third-order valence-corrected chi connectivity index (χ3v) is 4.29. The van der Waals surface area contributed by atoms with Gasteiger partial charge in [-0.1, -0.05) is 0 Å². The molecule has 21 heavy (non-hydrogen) atoms. The van der Waals surface area contributed by atoms with Crippen LogP contribution in [-0.2, 0) is 23.1 Å². The predicted molar refractivity (Wildman–Crippen MR) is 76.9 cm³/mol. The zero-order valence-electron chi connectivity index (χ0n) is 12.1. The molecule has 8 nitrogen and oxygen atoms in total. The van der Waals surface area contributed by atoms with E-state index < -0.39 is 10.0 Å². The number of hydrogen-bond donors (Lipinski definition) is 3. The number of nitrogens with zero attached hydrogens (tertiary/aromatic N) is 3. The summed E-state index contributed by atoms with van der Waals surface area (Å²) < 4.78 is 27.2. The van der Waals surface area contributed by atoms with E-state index in [0.29, 0.717) is 23.6 Å². The van der Waals surface area contributed by atoms with E-state index in [0.717, 1.165) is 5.69 Å². The van der Waals surface area contributed by atoms with Crippen molar-refractivity contribution in [2.24, 2.45) is 0 Å². The van der Waals surface area contributed by atoms with Gasteiger partial charge in [-0.2, -0.15) is 5.10 Å². The molecule has 9 heteroatoms. The highest BCUT2D eigenvalue weighted by molar-refractivity contribution is 7.89. The highest BCUT2D eigenvalue weighted by atomic mass is 32.2. The summed E-state index contributed by atoms with van der Waals surface area (Å²) >= 11 is 0. The van der Waals surface area contributed by atoms with Crippen molar-refractivity contribution in [2.45, 2.75) is 32.0 Å². The van der Waals surface area contributed by atoms with Gasteiger partial charge in [-0.15, -0.1) is 0 Å². The van der Waals surface area contributed by atoms with Crippen LogP contribution in [0.4, 0.5) is 0 Å². The summed E-state index contributed by atoms with van der Waals surface area (Å²) in [5.74, 6) is 0.596. The molecule has 3 N–H and O–H groups in total. The summed E-state index contributed by atoms with van der Waals surface area (Å²) in [6.07, 6.45) is 1.59. The van der Waals surface area contributed by atoms with Crippen LogP contribution in [0.15, 0.2) is 17.3 Å². The van der Waals surface area contributed by atoms with Gasteiger partial charge in [0.25, 0.3) is 10.0 Å². The maximum Gasteiger partial charge on any atom is 0.260 e. The van der Waals surface area contributed by atoms with Gasteiger partial charge >= 0.3 is 0 Å². The van der Waals surface area contributed by atoms with Crippen molar-refractivity contribution >= 4 is 10.0 Å². The Hall–Kier alpha value is -1.84. The lowest BCUT2D eigenvalue weighted by Crippen LogP contribution is -2.26. The average molecular weight is 310 g/mol. The van der Waals surface area contributed by atoms with Gasteiger partial charge < -0.3 is 5.32 Å². The third kappa shape index (κ3) is 3.63. The van der Waals surface area contributed by atoms with Crippen LogP contribution in [-0.4, -0.2) is 35.6 Å². The van der Waals surface area contributed by atoms with E-state index in [1.165, 1.54) is 0 Å². The van der Waals surface area contributed by atoms with Gasteiger partial charge in [-0.3, -0.25) is 5.10 Å². The number of rotatable bonds is 6. The lowest BCUT2D eigenvalue weighted by molar-refractivity contribution is 0.573. The molecular formula is C12H18N6O2S. The summed E-state index contributed by atoms with van der Waals surface area (Å²) in [6.45, 7) is 4.05. The number of aromatic amines is 1. The molecule has 0 saturated heterocycles. The maximum absolute atomic E-state index is 12.3. The first kappa shape index (κ1) is 15.5. The number of aromatic nitrogens is 4. The number of H-pyrrole nitrogens is 1. The fraction of sp³-hybridized carbons (Fsp3) is 0.417. The number of sulfonamides is 1. The van der Waals surface area contributed by atoms with Gasteiger partial charge in [0.15, 0.2) is 5.03 Å². The second-order valence-electron chi connectivity index (χ2n) is 4.58. The number of nitrogens with one attached hydrogen (secondary N) is 3. The number of aryl methyl sites for hydroxylation is 2. The third-order valence-electron chi connectivity index (χ3n) is 2.92. The van der Waals surface area contributed by atoms with Gasteiger partial charge in [0, 0.05) is 24.0 Å². The standard InChI is InChI=1S/C12H18N6O2S/c1-8-11(7-13-3)12(18-17-8)21(19,20)15-6-10-4-5-14-9(2)16-10/h4-5,13,15H,6-7H2,1-3H3,(H,17,18). The largest absolute Gasteiger partial charge is 0.316 e. The first-order chi connectivity index (χ1) is 9.94. The van der Waals surface area contributed by atoms with Gasteiger partial charge in [0.1, 0.15) is 5.82 Å². The van der Waals surface area contributed by atoms with E-state index in [2.05, 4.69) is 30.2 Å². The minimum absolute atomic E-state index is 0.0140. The Kier molecular flexibility index (Phi) is 4.66. The molecule has 0 bridgehead atoms. The van der Waals surface area contributed by atoms with Crippen molar-refractivity contribution in [1.29, 1.82) is 0 Å². The lowest BCUT2D eigenvalue weighted by Gasteiger charge is -2.07. The highest BCUT2D eigenvalue weighted by Crippen LogP contribution is 2.16. The molecule has 0 amide bonds. The molecule has 0 aromatic carbocycles. The lowest BCUT2D eigenvalue weighted by atomic mass is 10.3. The molecule has 0 aliphatic rings. The van der Waals surface area contributed by atoms with Crippen LogP contribution in [0.2, 0.25) is 0 Å². The van der Waals surface area contributed by atoms with Gasteiger partial charge in [0.05, 0.1) is 12.2 Å². The maximum atomic E-state index is 12.3. The molecule has 2 aromatic rings. The Morgan fingerprint density at radius 1 is 1.29 bits per heavy atom. The van der Waals surface area contributed by atoms with Gasteiger partial charge in [0.2, 0.25) is 0 Å². The molecule has 0 spiro atoms.